The average Bonchev–Trinajstić information content (AvgIpc) is 2.94. The third kappa shape index (κ3) is 2.56. The van der Waals surface area contributed by atoms with E-state index in [0.29, 0.717) is 17.2 Å². The number of rotatable bonds is 3. The third-order valence-corrected chi connectivity index (χ3v) is 2.79. The van der Waals surface area contributed by atoms with Crippen LogP contribution in [-0.2, 0) is 0 Å². The summed E-state index contributed by atoms with van der Waals surface area (Å²) in [5.74, 6) is -0.826. The summed E-state index contributed by atoms with van der Waals surface area (Å²) in [4.78, 5) is 19.2. The molecule has 0 unspecified atom stereocenters. The molecular formula is C12H7ClN6O2. The van der Waals surface area contributed by atoms with Crippen molar-refractivity contribution in [2.45, 2.75) is 0 Å². The first-order chi connectivity index (χ1) is 10.1. The molecule has 0 bridgehead atoms. The van der Waals surface area contributed by atoms with Crippen LogP contribution in [0, 0.1) is 0 Å². The average molecular weight is 303 g/mol. The zero-order valence-electron chi connectivity index (χ0n) is 10.4. The molecule has 3 aromatic rings. The number of carboxylic acid groups (broad SMARTS) is 1. The summed E-state index contributed by atoms with van der Waals surface area (Å²) in [6, 6.07) is 4.50. The van der Waals surface area contributed by atoms with E-state index < -0.39 is 5.97 Å². The molecule has 0 radical (unpaired) electrons. The van der Waals surface area contributed by atoms with Crippen LogP contribution in [0.15, 0.2) is 36.8 Å². The minimum absolute atomic E-state index is 0.132. The van der Waals surface area contributed by atoms with Crippen molar-refractivity contribution in [1.29, 1.82) is 0 Å². The van der Waals surface area contributed by atoms with Gasteiger partial charge in [0, 0.05) is 18.5 Å². The van der Waals surface area contributed by atoms with E-state index in [9.17, 15) is 4.79 Å². The first kappa shape index (κ1) is 13.1. The molecule has 0 aliphatic rings. The monoisotopic (exact) mass is 302 g/mol. The van der Waals surface area contributed by atoms with Crippen LogP contribution >= 0.6 is 11.6 Å². The van der Waals surface area contributed by atoms with Crippen LogP contribution in [-0.4, -0.2) is 41.0 Å². The third-order valence-electron chi connectivity index (χ3n) is 2.59. The lowest BCUT2D eigenvalue weighted by Crippen LogP contribution is -2.05. The van der Waals surface area contributed by atoms with Gasteiger partial charge in [0.25, 0.3) is 0 Å². The summed E-state index contributed by atoms with van der Waals surface area (Å²) in [5.41, 5.74) is 0.777. The number of hydrogen-bond donors (Lipinski definition) is 1. The maximum Gasteiger partial charge on any atom is 0.356 e. The molecular weight excluding hydrogens is 296 g/mol. The molecule has 3 heterocycles. The van der Waals surface area contributed by atoms with Crippen molar-refractivity contribution in [1.82, 2.24) is 29.9 Å². The van der Waals surface area contributed by atoms with Gasteiger partial charge in [-0.15, -0.1) is 10.2 Å². The second-order valence-electron chi connectivity index (χ2n) is 3.94. The minimum atomic E-state index is -1.15. The van der Waals surface area contributed by atoms with Gasteiger partial charge >= 0.3 is 5.97 Å². The lowest BCUT2D eigenvalue weighted by atomic mass is 10.3. The molecule has 0 fully saturated rings. The Balaban J connectivity index is 2.19. The summed E-state index contributed by atoms with van der Waals surface area (Å²) in [6.07, 6.45) is 4.52. The fourth-order valence-corrected chi connectivity index (χ4v) is 1.80. The van der Waals surface area contributed by atoms with Crippen LogP contribution < -0.4 is 0 Å². The second-order valence-corrected chi connectivity index (χ2v) is 4.32. The van der Waals surface area contributed by atoms with E-state index in [4.69, 9.17) is 16.7 Å². The SMILES string of the molecule is O=C(O)c1cc(-c2cnccn2)n(-c2ccc(Cl)nn2)n1. The van der Waals surface area contributed by atoms with Gasteiger partial charge in [0.2, 0.25) is 0 Å². The number of carboxylic acids is 1. The van der Waals surface area contributed by atoms with Gasteiger partial charge in [-0.3, -0.25) is 9.97 Å². The molecule has 0 spiro atoms. The van der Waals surface area contributed by atoms with E-state index in [2.05, 4.69) is 25.3 Å². The Morgan fingerprint density at radius 1 is 1.24 bits per heavy atom. The van der Waals surface area contributed by atoms with E-state index in [1.807, 2.05) is 0 Å². The van der Waals surface area contributed by atoms with Crippen molar-refractivity contribution in [3.63, 3.8) is 0 Å². The normalized spacial score (nSPS) is 10.5. The molecule has 0 amide bonds. The van der Waals surface area contributed by atoms with Crippen molar-refractivity contribution in [2.75, 3.05) is 0 Å². The van der Waals surface area contributed by atoms with Crippen LogP contribution in [0.5, 0.6) is 0 Å². The topological polar surface area (TPSA) is 107 Å². The van der Waals surface area contributed by atoms with E-state index in [1.165, 1.54) is 35.4 Å². The van der Waals surface area contributed by atoms with Crippen LogP contribution in [0.3, 0.4) is 0 Å². The highest BCUT2D eigenvalue weighted by molar-refractivity contribution is 6.29. The largest absolute Gasteiger partial charge is 0.476 e. The van der Waals surface area contributed by atoms with Crippen molar-refractivity contribution in [3.8, 4) is 17.2 Å². The summed E-state index contributed by atoms with van der Waals surface area (Å²) < 4.78 is 1.33. The van der Waals surface area contributed by atoms with Gasteiger partial charge < -0.3 is 5.11 Å². The maximum atomic E-state index is 11.1. The van der Waals surface area contributed by atoms with Crippen molar-refractivity contribution in [2.24, 2.45) is 0 Å². The van der Waals surface area contributed by atoms with Crippen LogP contribution in [0.4, 0.5) is 0 Å². The number of halogens is 1. The van der Waals surface area contributed by atoms with E-state index in [-0.39, 0.29) is 10.8 Å². The molecule has 0 aliphatic heterocycles. The highest BCUT2D eigenvalue weighted by Gasteiger charge is 2.17. The highest BCUT2D eigenvalue weighted by atomic mass is 35.5. The zero-order valence-corrected chi connectivity index (χ0v) is 11.1. The quantitative estimate of drug-likeness (QED) is 0.780. The smallest absolute Gasteiger partial charge is 0.356 e. The molecule has 0 saturated heterocycles. The Morgan fingerprint density at radius 2 is 2.10 bits per heavy atom. The van der Waals surface area contributed by atoms with Crippen LogP contribution in [0.25, 0.3) is 17.2 Å². The van der Waals surface area contributed by atoms with Gasteiger partial charge in [0.1, 0.15) is 5.69 Å². The Bertz CT molecular complexity index is 787. The maximum absolute atomic E-state index is 11.1. The first-order valence-corrected chi connectivity index (χ1v) is 6.12. The molecule has 3 rings (SSSR count). The summed E-state index contributed by atoms with van der Waals surface area (Å²) in [5, 5.41) is 20.9. The van der Waals surface area contributed by atoms with Gasteiger partial charge in [-0.1, -0.05) is 11.6 Å². The highest BCUT2D eigenvalue weighted by Crippen LogP contribution is 2.21. The van der Waals surface area contributed by atoms with Crippen molar-refractivity contribution < 1.29 is 9.90 Å². The van der Waals surface area contributed by atoms with E-state index in [0.717, 1.165) is 0 Å². The predicted molar refractivity (Wildman–Crippen MR) is 72.1 cm³/mol. The molecule has 8 nitrogen and oxygen atoms in total. The second kappa shape index (κ2) is 5.25. The number of aromatic nitrogens is 6. The van der Waals surface area contributed by atoms with Crippen LogP contribution in [0.1, 0.15) is 10.5 Å². The standard InChI is InChI=1S/C12H7ClN6O2/c13-10-1-2-11(17-16-10)19-9(5-7(18-19)12(20)21)8-6-14-3-4-15-8/h1-6H,(H,20,21). The van der Waals surface area contributed by atoms with E-state index in [1.54, 1.807) is 6.07 Å². The number of carbonyl (C=O) groups is 1. The van der Waals surface area contributed by atoms with Gasteiger partial charge in [-0.25, -0.2) is 9.48 Å². The lowest BCUT2D eigenvalue weighted by molar-refractivity contribution is 0.0690. The zero-order chi connectivity index (χ0) is 14.8. The fraction of sp³-hybridized carbons (Fsp3) is 0. The summed E-state index contributed by atoms with van der Waals surface area (Å²) >= 11 is 5.69. The molecule has 0 aromatic carbocycles. The van der Waals surface area contributed by atoms with Crippen molar-refractivity contribution >= 4 is 17.6 Å². The Hall–Kier alpha value is -2.87. The van der Waals surface area contributed by atoms with Gasteiger partial charge in [-0.2, -0.15) is 5.10 Å². The van der Waals surface area contributed by atoms with E-state index >= 15 is 0 Å². The molecule has 9 heteroatoms. The molecule has 0 aliphatic carbocycles. The predicted octanol–water partition coefficient (Wildman–Crippen LogP) is 1.47. The minimum Gasteiger partial charge on any atom is -0.476 e. The van der Waals surface area contributed by atoms with Crippen LogP contribution in [0.2, 0.25) is 5.15 Å². The van der Waals surface area contributed by atoms with Gasteiger partial charge in [-0.05, 0) is 12.1 Å². The number of hydrogen-bond acceptors (Lipinski definition) is 6. The molecule has 0 saturated carbocycles. The molecule has 0 atom stereocenters. The van der Waals surface area contributed by atoms with Gasteiger partial charge in [0.15, 0.2) is 16.7 Å². The Labute approximate surface area is 123 Å². The van der Waals surface area contributed by atoms with Crippen molar-refractivity contribution in [3.05, 3.63) is 47.6 Å². The molecule has 104 valence electrons. The Morgan fingerprint density at radius 3 is 2.71 bits per heavy atom. The number of nitrogens with zero attached hydrogens (tertiary/aromatic N) is 6. The molecule has 21 heavy (non-hydrogen) atoms. The molecule has 1 N–H and O–H groups in total. The number of aromatic carboxylic acids is 1. The fourth-order valence-electron chi connectivity index (χ4n) is 1.70. The lowest BCUT2D eigenvalue weighted by Gasteiger charge is -2.04. The summed E-state index contributed by atoms with van der Waals surface area (Å²) in [7, 11) is 0. The summed E-state index contributed by atoms with van der Waals surface area (Å²) in [6.45, 7) is 0. The van der Waals surface area contributed by atoms with Gasteiger partial charge in [0.05, 0.1) is 11.9 Å². The first-order valence-electron chi connectivity index (χ1n) is 5.74. The Kier molecular flexibility index (Phi) is 3.28. The molecule has 3 aromatic heterocycles.